The van der Waals surface area contributed by atoms with Gasteiger partial charge in [0.15, 0.2) is 0 Å². The van der Waals surface area contributed by atoms with Gasteiger partial charge in [-0.3, -0.25) is 9.48 Å². The molecule has 1 rings (SSSR count). The predicted octanol–water partition coefficient (Wildman–Crippen LogP) is 0.609. The number of carbonyl (C=O) groups excluding carboxylic acids is 1. The van der Waals surface area contributed by atoms with Crippen LogP contribution < -0.4 is 5.32 Å². The molecule has 0 aliphatic rings. The summed E-state index contributed by atoms with van der Waals surface area (Å²) in [6, 6.07) is 1.81. The third-order valence-corrected chi connectivity index (χ3v) is 2.60. The molecule has 1 N–H and O–H groups in total. The molecular weight excluding hydrogens is 204 g/mol. The van der Waals surface area contributed by atoms with Crippen LogP contribution in [0.5, 0.6) is 0 Å². The Labute approximate surface area is 95.1 Å². The number of amides is 1. The number of aryl methyl sites for hydroxylation is 2. The zero-order chi connectivity index (χ0) is 12.1. The first kappa shape index (κ1) is 12.2. The lowest BCUT2D eigenvalue weighted by Crippen LogP contribution is -2.25. The van der Waals surface area contributed by atoms with Crippen molar-refractivity contribution in [2.24, 2.45) is 7.05 Å². The summed E-state index contributed by atoms with van der Waals surface area (Å²) in [4.78, 5) is 11.1. The highest BCUT2D eigenvalue weighted by Crippen LogP contribution is 2.11. The van der Waals surface area contributed by atoms with E-state index in [1.807, 2.05) is 31.6 Å². The highest BCUT2D eigenvalue weighted by molar-refractivity contribution is 5.77. The van der Waals surface area contributed by atoms with Gasteiger partial charge in [-0.05, 0) is 25.8 Å². The Morgan fingerprint density at radius 2 is 2.25 bits per heavy atom. The fourth-order valence-electron chi connectivity index (χ4n) is 1.64. The second kappa shape index (κ2) is 5.31. The molecule has 0 bridgehead atoms. The standard InChI is InChI=1S/C11H16N4O/c1-8-10(9(2)15(3)14-8)5-7-13-11(16)4-6-12/h4-5,7H2,1-3H3,(H,13,16). The Bertz CT molecular complexity index is 428. The molecule has 0 radical (unpaired) electrons. The van der Waals surface area contributed by atoms with Crippen molar-refractivity contribution in [3.63, 3.8) is 0 Å². The van der Waals surface area contributed by atoms with Crippen molar-refractivity contribution in [3.05, 3.63) is 17.0 Å². The van der Waals surface area contributed by atoms with Crippen molar-refractivity contribution in [1.29, 1.82) is 5.26 Å². The quantitative estimate of drug-likeness (QED) is 0.808. The highest BCUT2D eigenvalue weighted by Gasteiger charge is 2.09. The van der Waals surface area contributed by atoms with E-state index in [-0.39, 0.29) is 12.3 Å². The topological polar surface area (TPSA) is 70.7 Å². The number of carbonyl (C=O) groups is 1. The van der Waals surface area contributed by atoms with Crippen LogP contribution in [0.2, 0.25) is 0 Å². The summed E-state index contributed by atoms with van der Waals surface area (Å²) in [6.45, 7) is 4.51. The first-order valence-corrected chi connectivity index (χ1v) is 5.19. The van der Waals surface area contributed by atoms with E-state index in [0.29, 0.717) is 6.54 Å². The molecule has 16 heavy (non-hydrogen) atoms. The average Bonchev–Trinajstić information content (AvgIpc) is 2.45. The zero-order valence-corrected chi connectivity index (χ0v) is 9.87. The summed E-state index contributed by atoms with van der Waals surface area (Å²) in [5.74, 6) is -0.221. The number of hydrogen-bond acceptors (Lipinski definition) is 3. The smallest absolute Gasteiger partial charge is 0.234 e. The molecule has 0 saturated heterocycles. The molecule has 5 nitrogen and oxygen atoms in total. The Kier molecular flexibility index (Phi) is 4.06. The fourth-order valence-corrected chi connectivity index (χ4v) is 1.64. The van der Waals surface area contributed by atoms with Crippen LogP contribution in [-0.2, 0) is 18.3 Å². The van der Waals surface area contributed by atoms with Crippen molar-refractivity contribution < 1.29 is 4.79 Å². The minimum absolute atomic E-state index is 0.0784. The van der Waals surface area contributed by atoms with Gasteiger partial charge < -0.3 is 5.32 Å². The largest absolute Gasteiger partial charge is 0.355 e. The summed E-state index contributed by atoms with van der Waals surface area (Å²) >= 11 is 0. The molecule has 0 atom stereocenters. The minimum atomic E-state index is -0.221. The molecule has 1 heterocycles. The van der Waals surface area contributed by atoms with Crippen LogP contribution in [0.4, 0.5) is 0 Å². The SMILES string of the molecule is Cc1nn(C)c(C)c1CCNC(=O)CC#N. The zero-order valence-electron chi connectivity index (χ0n) is 9.87. The fraction of sp³-hybridized carbons (Fsp3) is 0.545. The first-order chi connectivity index (χ1) is 7.56. The molecule has 0 saturated carbocycles. The van der Waals surface area contributed by atoms with Gasteiger partial charge in [0.05, 0.1) is 11.8 Å². The van der Waals surface area contributed by atoms with E-state index in [1.165, 1.54) is 5.56 Å². The van der Waals surface area contributed by atoms with Crippen molar-refractivity contribution in [3.8, 4) is 6.07 Å². The number of nitrogens with one attached hydrogen (secondary N) is 1. The van der Waals surface area contributed by atoms with Crippen molar-refractivity contribution in [2.75, 3.05) is 6.54 Å². The Morgan fingerprint density at radius 1 is 1.56 bits per heavy atom. The van der Waals surface area contributed by atoms with E-state index in [9.17, 15) is 4.79 Å². The number of rotatable bonds is 4. The molecule has 0 unspecified atom stereocenters. The average molecular weight is 220 g/mol. The van der Waals surface area contributed by atoms with Gasteiger partial charge in [-0.1, -0.05) is 0 Å². The van der Waals surface area contributed by atoms with Gasteiger partial charge in [-0.25, -0.2) is 0 Å². The van der Waals surface area contributed by atoms with Gasteiger partial charge in [-0.15, -0.1) is 0 Å². The van der Waals surface area contributed by atoms with Gasteiger partial charge in [0.2, 0.25) is 5.91 Å². The number of nitriles is 1. The van der Waals surface area contributed by atoms with Crippen LogP contribution in [0.25, 0.3) is 0 Å². The van der Waals surface area contributed by atoms with Crippen molar-refractivity contribution in [2.45, 2.75) is 26.7 Å². The molecule has 0 fully saturated rings. The summed E-state index contributed by atoms with van der Waals surface area (Å²) in [5, 5.41) is 15.3. The van der Waals surface area contributed by atoms with Crippen molar-refractivity contribution in [1.82, 2.24) is 15.1 Å². The third kappa shape index (κ3) is 2.83. The van der Waals surface area contributed by atoms with Crippen LogP contribution in [0.1, 0.15) is 23.4 Å². The summed E-state index contributed by atoms with van der Waals surface area (Å²) in [6.07, 6.45) is 0.674. The van der Waals surface area contributed by atoms with Crippen molar-refractivity contribution >= 4 is 5.91 Å². The van der Waals surface area contributed by atoms with E-state index in [1.54, 1.807) is 0 Å². The maximum absolute atomic E-state index is 11.1. The van der Waals surface area contributed by atoms with Gasteiger partial charge in [0, 0.05) is 19.3 Å². The minimum Gasteiger partial charge on any atom is -0.355 e. The number of hydrogen-bond donors (Lipinski definition) is 1. The second-order valence-electron chi connectivity index (χ2n) is 3.71. The second-order valence-corrected chi connectivity index (χ2v) is 3.71. The Hall–Kier alpha value is -1.83. The highest BCUT2D eigenvalue weighted by atomic mass is 16.1. The molecule has 0 spiro atoms. The lowest BCUT2D eigenvalue weighted by atomic mass is 10.1. The van der Waals surface area contributed by atoms with Gasteiger partial charge >= 0.3 is 0 Å². The predicted molar refractivity (Wildman–Crippen MR) is 59.6 cm³/mol. The molecule has 1 aromatic heterocycles. The van der Waals surface area contributed by atoms with E-state index >= 15 is 0 Å². The summed E-state index contributed by atoms with van der Waals surface area (Å²) in [5.41, 5.74) is 3.28. The van der Waals surface area contributed by atoms with E-state index in [2.05, 4.69) is 10.4 Å². The van der Waals surface area contributed by atoms with Gasteiger partial charge in [-0.2, -0.15) is 10.4 Å². The molecule has 1 aromatic rings. The summed E-state index contributed by atoms with van der Waals surface area (Å²) < 4.78 is 1.84. The van der Waals surface area contributed by atoms with E-state index < -0.39 is 0 Å². The maximum atomic E-state index is 11.1. The lowest BCUT2D eigenvalue weighted by molar-refractivity contribution is -0.120. The van der Waals surface area contributed by atoms with Crippen LogP contribution in [0.15, 0.2) is 0 Å². The van der Waals surface area contributed by atoms with Crippen LogP contribution in [0.3, 0.4) is 0 Å². The molecule has 86 valence electrons. The normalized spacial score (nSPS) is 9.88. The lowest BCUT2D eigenvalue weighted by Gasteiger charge is -2.03. The molecule has 0 aromatic carbocycles. The molecular formula is C11H16N4O. The molecule has 0 aliphatic heterocycles. The molecule has 0 aliphatic carbocycles. The van der Waals surface area contributed by atoms with Crippen LogP contribution >= 0.6 is 0 Å². The van der Waals surface area contributed by atoms with Gasteiger partial charge in [0.1, 0.15) is 6.42 Å². The van der Waals surface area contributed by atoms with Crippen LogP contribution in [-0.4, -0.2) is 22.2 Å². The van der Waals surface area contributed by atoms with E-state index in [0.717, 1.165) is 17.8 Å². The first-order valence-electron chi connectivity index (χ1n) is 5.19. The van der Waals surface area contributed by atoms with Crippen LogP contribution in [0, 0.1) is 25.2 Å². The third-order valence-electron chi connectivity index (χ3n) is 2.60. The van der Waals surface area contributed by atoms with Gasteiger partial charge in [0.25, 0.3) is 0 Å². The number of aromatic nitrogens is 2. The monoisotopic (exact) mass is 220 g/mol. The Balaban J connectivity index is 2.50. The maximum Gasteiger partial charge on any atom is 0.234 e. The molecule has 1 amide bonds. The molecule has 5 heteroatoms. The van der Waals surface area contributed by atoms with E-state index in [4.69, 9.17) is 5.26 Å². The summed E-state index contributed by atoms with van der Waals surface area (Å²) in [7, 11) is 1.90. The Morgan fingerprint density at radius 3 is 2.75 bits per heavy atom. The number of nitrogens with zero attached hydrogens (tertiary/aromatic N) is 3.